The quantitative estimate of drug-likeness (QED) is 0.671. The van der Waals surface area contributed by atoms with Gasteiger partial charge in [0, 0.05) is 18.7 Å². The molecular formula is C17H18N2O5. The molecule has 1 amide bonds. The summed E-state index contributed by atoms with van der Waals surface area (Å²) in [6.07, 6.45) is 0. The van der Waals surface area contributed by atoms with Crippen LogP contribution in [0.25, 0.3) is 0 Å². The lowest BCUT2D eigenvalue weighted by atomic mass is 10.0. The van der Waals surface area contributed by atoms with Crippen LogP contribution in [0.1, 0.15) is 28.9 Å². The fourth-order valence-corrected chi connectivity index (χ4v) is 2.44. The number of carbonyl (C=O) groups is 1. The molecular weight excluding hydrogens is 312 g/mol. The van der Waals surface area contributed by atoms with E-state index in [1.165, 1.54) is 17.0 Å². The Morgan fingerprint density at radius 1 is 1.25 bits per heavy atom. The van der Waals surface area contributed by atoms with E-state index in [-0.39, 0.29) is 11.6 Å². The van der Waals surface area contributed by atoms with Crippen molar-refractivity contribution in [2.24, 2.45) is 0 Å². The zero-order valence-electron chi connectivity index (χ0n) is 13.6. The third kappa shape index (κ3) is 3.15. The van der Waals surface area contributed by atoms with E-state index >= 15 is 0 Å². The summed E-state index contributed by atoms with van der Waals surface area (Å²) in [5, 5.41) is 20.9. The number of aromatic hydroxyl groups is 1. The fraction of sp³-hybridized carbons (Fsp3) is 0.235. The second-order valence-electron chi connectivity index (χ2n) is 5.26. The van der Waals surface area contributed by atoms with E-state index in [1.807, 2.05) is 25.1 Å². The highest BCUT2D eigenvalue weighted by Crippen LogP contribution is 2.33. The Morgan fingerprint density at radius 3 is 2.54 bits per heavy atom. The predicted molar refractivity (Wildman–Crippen MR) is 88.3 cm³/mol. The van der Waals surface area contributed by atoms with Crippen LogP contribution in [0.2, 0.25) is 0 Å². The SMILES string of the molecule is COc1ccccc1C(C)N(C)C(=O)c1cccc([N+](=O)[O-])c1O. The largest absolute Gasteiger partial charge is 0.502 e. The number of hydrogen-bond acceptors (Lipinski definition) is 5. The Morgan fingerprint density at radius 2 is 1.92 bits per heavy atom. The number of nitro benzene ring substituents is 1. The number of methoxy groups -OCH3 is 1. The van der Waals surface area contributed by atoms with Crippen molar-refractivity contribution in [2.75, 3.05) is 14.2 Å². The Bertz CT molecular complexity index is 775. The first-order valence-electron chi connectivity index (χ1n) is 7.25. The Hall–Kier alpha value is -3.09. The number of amides is 1. The molecule has 0 fully saturated rings. The van der Waals surface area contributed by atoms with Gasteiger partial charge in [0.15, 0.2) is 0 Å². The van der Waals surface area contributed by atoms with Crippen molar-refractivity contribution in [3.8, 4) is 11.5 Å². The van der Waals surface area contributed by atoms with Crippen molar-refractivity contribution in [2.45, 2.75) is 13.0 Å². The first-order valence-corrected chi connectivity index (χ1v) is 7.25. The first-order chi connectivity index (χ1) is 11.4. The van der Waals surface area contributed by atoms with Gasteiger partial charge in [-0.25, -0.2) is 0 Å². The van der Waals surface area contributed by atoms with Crippen molar-refractivity contribution in [1.29, 1.82) is 0 Å². The van der Waals surface area contributed by atoms with Crippen molar-refractivity contribution < 1.29 is 19.6 Å². The number of nitro groups is 1. The molecule has 0 heterocycles. The zero-order chi connectivity index (χ0) is 17.9. The summed E-state index contributed by atoms with van der Waals surface area (Å²) in [5.74, 6) is -0.519. The van der Waals surface area contributed by atoms with Crippen LogP contribution < -0.4 is 4.74 Å². The molecule has 2 rings (SSSR count). The van der Waals surface area contributed by atoms with Crippen LogP contribution >= 0.6 is 0 Å². The number of carbonyl (C=O) groups excluding carboxylic acids is 1. The van der Waals surface area contributed by atoms with Gasteiger partial charge in [-0.05, 0) is 19.1 Å². The standard InChI is InChI=1S/C17H18N2O5/c1-11(12-7-4-5-10-15(12)24-3)18(2)17(21)13-8-6-9-14(16(13)20)19(22)23/h4-11,20H,1-3H3. The molecule has 1 N–H and O–H groups in total. The highest BCUT2D eigenvalue weighted by molar-refractivity contribution is 5.98. The third-order valence-corrected chi connectivity index (χ3v) is 3.93. The summed E-state index contributed by atoms with van der Waals surface area (Å²) in [6.45, 7) is 1.81. The molecule has 0 aromatic heterocycles. The molecule has 1 unspecified atom stereocenters. The number of para-hydroxylation sites is 2. The maximum atomic E-state index is 12.7. The average molecular weight is 330 g/mol. The molecule has 1 atom stereocenters. The van der Waals surface area contributed by atoms with Crippen LogP contribution in [-0.4, -0.2) is 35.0 Å². The zero-order valence-corrected chi connectivity index (χ0v) is 13.6. The van der Waals surface area contributed by atoms with Crippen LogP contribution in [0.15, 0.2) is 42.5 Å². The van der Waals surface area contributed by atoms with E-state index in [2.05, 4.69) is 0 Å². The second kappa shape index (κ2) is 6.99. The molecule has 2 aromatic carbocycles. The van der Waals surface area contributed by atoms with Crippen molar-refractivity contribution in [3.05, 3.63) is 63.7 Å². The Labute approximate surface area is 139 Å². The van der Waals surface area contributed by atoms with Gasteiger partial charge in [-0.15, -0.1) is 0 Å². The van der Waals surface area contributed by atoms with E-state index in [4.69, 9.17) is 4.74 Å². The van der Waals surface area contributed by atoms with Crippen LogP contribution in [0.5, 0.6) is 11.5 Å². The van der Waals surface area contributed by atoms with Crippen LogP contribution in [-0.2, 0) is 0 Å². The van der Waals surface area contributed by atoms with Gasteiger partial charge in [-0.2, -0.15) is 0 Å². The van der Waals surface area contributed by atoms with Gasteiger partial charge in [0.2, 0.25) is 5.75 Å². The van der Waals surface area contributed by atoms with Gasteiger partial charge in [0.25, 0.3) is 5.91 Å². The minimum absolute atomic E-state index is 0.117. The average Bonchev–Trinajstić information content (AvgIpc) is 2.59. The molecule has 0 radical (unpaired) electrons. The van der Waals surface area contributed by atoms with E-state index in [0.717, 1.165) is 11.6 Å². The van der Waals surface area contributed by atoms with Crippen molar-refractivity contribution in [3.63, 3.8) is 0 Å². The molecule has 0 aliphatic carbocycles. The molecule has 126 valence electrons. The summed E-state index contributed by atoms with van der Waals surface area (Å²) in [6, 6.07) is 10.8. The van der Waals surface area contributed by atoms with Gasteiger partial charge in [-0.1, -0.05) is 24.3 Å². The number of ether oxygens (including phenoxy) is 1. The summed E-state index contributed by atoms with van der Waals surface area (Å²) in [4.78, 5) is 24.2. The molecule has 2 aromatic rings. The monoisotopic (exact) mass is 330 g/mol. The van der Waals surface area contributed by atoms with Crippen molar-refractivity contribution >= 4 is 11.6 Å². The molecule has 24 heavy (non-hydrogen) atoms. The summed E-state index contributed by atoms with van der Waals surface area (Å²) < 4.78 is 5.30. The molecule has 7 nitrogen and oxygen atoms in total. The normalized spacial score (nSPS) is 11.6. The van der Waals surface area contributed by atoms with Crippen LogP contribution in [0, 0.1) is 10.1 Å². The van der Waals surface area contributed by atoms with E-state index in [9.17, 15) is 20.0 Å². The predicted octanol–water partition coefficient (Wildman–Crippen LogP) is 3.14. The molecule has 0 aliphatic rings. The second-order valence-corrected chi connectivity index (χ2v) is 5.26. The summed E-state index contributed by atoms with van der Waals surface area (Å²) in [5.41, 5.74) is 0.174. The van der Waals surface area contributed by atoms with Crippen LogP contribution in [0.3, 0.4) is 0 Å². The van der Waals surface area contributed by atoms with Crippen LogP contribution in [0.4, 0.5) is 5.69 Å². The molecule has 0 bridgehead atoms. The Kier molecular flexibility index (Phi) is 5.03. The summed E-state index contributed by atoms with van der Waals surface area (Å²) >= 11 is 0. The highest BCUT2D eigenvalue weighted by Gasteiger charge is 2.26. The van der Waals surface area contributed by atoms with Gasteiger partial charge >= 0.3 is 5.69 Å². The number of benzene rings is 2. The number of phenols is 1. The minimum Gasteiger partial charge on any atom is -0.502 e. The number of nitrogens with zero attached hydrogens (tertiary/aromatic N) is 2. The smallest absolute Gasteiger partial charge is 0.311 e. The molecule has 0 saturated carbocycles. The maximum absolute atomic E-state index is 12.7. The number of phenolic OH excluding ortho intramolecular Hbond substituents is 1. The summed E-state index contributed by atoms with van der Waals surface area (Å²) in [7, 11) is 3.11. The van der Waals surface area contributed by atoms with Gasteiger partial charge in [0.1, 0.15) is 5.75 Å². The molecule has 0 spiro atoms. The highest BCUT2D eigenvalue weighted by atomic mass is 16.6. The lowest BCUT2D eigenvalue weighted by Gasteiger charge is -2.26. The van der Waals surface area contributed by atoms with Gasteiger partial charge in [0.05, 0.1) is 23.6 Å². The third-order valence-electron chi connectivity index (χ3n) is 3.93. The van der Waals surface area contributed by atoms with Gasteiger partial charge in [-0.3, -0.25) is 14.9 Å². The molecule has 0 saturated heterocycles. The lowest BCUT2D eigenvalue weighted by molar-refractivity contribution is -0.385. The van der Waals surface area contributed by atoms with E-state index in [1.54, 1.807) is 20.2 Å². The molecule has 0 aliphatic heterocycles. The van der Waals surface area contributed by atoms with Crippen molar-refractivity contribution in [1.82, 2.24) is 4.90 Å². The molecule has 7 heteroatoms. The minimum atomic E-state index is -0.726. The maximum Gasteiger partial charge on any atom is 0.311 e. The topological polar surface area (TPSA) is 92.9 Å². The van der Waals surface area contributed by atoms with E-state index < -0.39 is 22.3 Å². The Balaban J connectivity index is 2.36. The number of hydrogen-bond donors (Lipinski definition) is 1. The fourth-order valence-electron chi connectivity index (χ4n) is 2.44. The van der Waals surface area contributed by atoms with E-state index in [0.29, 0.717) is 5.75 Å². The first kappa shape index (κ1) is 17.3. The lowest BCUT2D eigenvalue weighted by Crippen LogP contribution is -2.30. The number of rotatable bonds is 5. The van der Waals surface area contributed by atoms with Gasteiger partial charge < -0.3 is 14.7 Å².